The molecule has 4 rings (SSSR count). The number of ether oxygens (including phenoxy) is 2. The van der Waals surface area contributed by atoms with Crippen LogP contribution in [0.5, 0.6) is 11.5 Å². The van der Waals surface area contributed by atoms with Crippen LogP contribution in [0.2, 0.25) is 5.02 Å². The fourth-order valence-electron chi connectivity index (χ4n) is 3.09. The quantitative estimate of drug-likeness (QED) is 0.446. The summed E-state index contributed by atoms with van der Waals surface area (Å²) in [6.07, 6.45) is 1.81. The van der Waals surface area contributed by atoms with Gasteiger partial charge in [0.05, 0.1) is 17.7 Å². The molecule has 0 atom stereocenters. The monoisotopic (exact) mass is 464 g/mol. The lowest BCUT2D eigenvalue weighted by Gasteiger charge is -2.11. The number of amides is 1. The minimum atomic E-state index is -0.198. The number of benzene rings is 3. The van der Waals surface area contributed by atoms with Crippen LogP contribution in [-0.4, -0.2) is 18.2 Å². The summed E-state index contributed by atoms with van der Waals surface area (Å²) in [6, 6.07) is 21.0. The van der Waals surface area contributed by atoms with Gasteiger partial charge in [-0.2, -0.15) is 0 Å². The van der Waals surface area contributed by atoms with Crippen LogP contribution in [0, 0.1) is 6.92 Å². The summed E-state index contributed by atoms with van der Waals surface area (Å²) in [6.45, 7) is 2.32. The zero-order chi connectivity index (χ0) is 22.5. The molecule has 1 fully saturated rings. The van der Waals surface area contributed by atoms with Crippen molar-refractivity contribution in [1.82, 2.24) is 5.32 Å². The number of methoxy groups -OCH3 is 1. The highest BCUT2D eigenvalue weighted by Crippen LogP contribution is 2.33. The molecular weight excluding hydrogens is 444 g/mol. The summed E-state index contributed by atoms with van der Waals surface area (Å²) in [5.41, 5.74) is 3.47. The van der Waals surface area contributed by atoms with Gasteiger partial charge in [0, 0.05) is 5.02 Å². The third kappa shape index (κ3) is 5.15. The Morgan fingerprint density at radius 1 is 1.06 bits per heavy atom. The van der Waals surface area contributed by atoms with E-state index in [-0.39, 0.29) is 5.91 Å². The van der Waals surface area contributed by atoms with Crippen molar-refractivity contribution in [3.05, 3.63) is 93.3 Å². The molecule has 0 aliphatic carbocycles. The van der Waals surface area contributed by atoms with Crippen molar-refractivity contribution in [2.24, 2.45) is 4.99 Å². The van der Waals surface area contributed by atoms with Gasteiger partial charge in [0.2, 0.25) is 0 Å². The standard InChI is InChI=1S/C25H21ClN2O3S/c1-16-19(26)9-6-10-20(16)27-25-28-24(29)23(32-25)14-18-11-12-21(30-2)22(13-18)31-15-17-7-4-3-5-8-17/h3-14H,15H2,1-2H3,(H,27,28,29)/b23-14+. The Morgan fingerprint density at radius 2 is 1.88 bits per heavy atom. The van der Waals surface area contributed by atoms with E-state index >= 15 is 0 Å². The Labute approximate surface area is 196 Å². The first kappa shape index (κ1) is 22.0. The topological polar surface area (TPSA) is 59.9 Å². The lowest BCUT2D eigenvalue weighted by atomic mass is 10.2. The minimum Gasteiger partial charge on any atom is -0.493 e. The largest absolute Gasteiger partial charge is 0.493 e. The smallest absolute Gasteiger partial charge is 0.264 e. The van der Waals surface area contributed by atoms with Gasteiger partial charge < -0.3 is 14.8 Å². The van der Waals surface area contributed by atoms with E-state index in [1.54, 1.807) is 7.11 Å². The second kappa shape index (κ2) is 9.94. The van der Waals surface area contributed by atoms with Gasteiger partial charge in [-0.25, -0.2) is 4.99 Å². The van der Waals surface area contributed by atoms with Crippen molar-refractivity contribution in [3.63, 3.8) is 0 Å². The van der Waals surface area contributed by atoms with Crippen molar-refractivity contribution in [1.29, 1.82) is 0 Å². The molecule has 0 bridgehead atoms. The summed E-state index contributed by atoms with van der Waals surface area (Å²) < 4.78 is 11.4. The average molecular weight is 465 g/mol. The fourth-order valence-corrected chi connectivity index (χ4v) is 4.09. The van der Waals surface area contributed by atoms with Gasteiger partial charge in [0.1, 0.15) is 6.61 Å². The van der Waals surface area contributed by atoms with Crippen molar-refractivity contribution in [2.45, 2.75) is 13.5 Å². The Morgan fingerprint density at radius 3 is 2.66 bits per heavy atom. The maximum absolute atomic E-state index is 12.5. The highest BCUT2D eigenvalue weighted by Gasteiger charge is 2.24. The van der Waals surface area contributed by atoms with E-state index in [9.17, 15) is 4.79 Å². The number of thioether (sulfide) groups is 1. The zero-order valence-corrected chi connectivity index (χ0v) is 19.2. The molecule has 0 aromatic heterocycles. The number of halogens is 1. The molecule has 3 aromatic rings. The van der Waals surface area contributed by atoms with Gasteiger partial charge in [0.25, 0.3) is 5.91 Å². The van der Waals surface area contributed by atoms with E-state index in [0.717, 1.165) is 22.4 Å². The first-order valence-electron chi connectivity index (χ1n) is 9.93. The maximum Gasteiger partial charge on any atom is 0.264 e. The minimum absolute atomic E-state index is 0.198. The van der Waals surface area contributed by atoms with Crippen molar-refractivity contribution in [2.75, 3.05) is 7.11 Å². The molecule has 0 spiro atoms. The molecule has 1 saturated heterocycles. The van der Waals surface area contributed by atoms with Gasteiger partial charge >= 0.3 is 0 Å². The molecule has 1 N–H and O–H groups in total. The number of nitrogens with one attached hydrogen (secondary N) is 1. The summed E-state index contributed by atoms with van der Waals surface area (Å²) in [4.78, 5) is 17.6. The first-order valence-corrected chi connectivity index (χ1v) is 11.1. The lowest BCUT2D eigenvalue weighted by molar-refractivity contribution is -0.115. The van der Waals surface area contributed by atoms with Gasteiger partial charge in [0.15, 0.2) is 16.7 Å². The molecule has 1 aliphatic heterocycles. The SMILES string of the molecule is COc1ccc(/C=C2/SC(=Nc3cccc(Cl)c3C)NC2=O)cc1OCc1ccccc1. The number of hydrogen-bond donors (Lipinski definition) is 1. The van der Waals surface area contributed by atoms with E-state index in [2.05, 4.69) is 10.3 Å². The van der Waals surface area contributed by atoms with Crippen LogP contribution >= 0.6 is 23.4 Å². The Balaban J connectivity index is 1.54. The number of hydrogen-bond acceptors (Lipinski definition) is 5. The predicted octanol–water partition coefficient (Wildman–Crippen LogP) is 6.13. The number of aliphatic imine (C=N–C) groups is 1. The van der Waals surface area contributed by atoms with E-state index in [4.69, 9.17) is 21.1 Å². The number of rotatable bonds is 6. The molecule has 162 valence electrons. The van der Waals surface area contributed by atoms with Crippen LogP contribution in [-0.2, 0) is 11.4 Å². The molecule has 7 heteroatoms. The third-order valence-corrected chi connectivity index (χ3v) is 6.15. The molecule has 5 nitrogen and oxygen atoms in total. The molecule has 1 amide bonds. The van der Waals surface area contributed by atoms with Crippen LogP contribution in [0.15, 0.2) is 76.6 Å². The van der Waals surface area contributed by atoms with E-state index in [1.807, 2.05) is 79.7 Å². The van der Waals surface area contributed by atoms with Crippen LogP contribution in [0.25, 0.3) is 6.08 Å². The number of carbonyl (C=O) groups is 1. The number of nitrogens with zero attached hydrogens (tertiary/aromatic N) is 1. The zero-order valence-electron chi connectivity index (χ0n) is 17.6. The Hall–Kier alpha value is -3.22. The van der Waals surface area contributed by atoms with Gasteiger partial charge in [-0.3, -0.25) is 4.79 Å². The summed E-state index contributed by atoms with van der Waals surface area (Å²) in [5.74, 6) is 1.04. The van der Waals surface area contributed by atoms with Crippen molar-refractivity contribution in [3.8, 4) is 11.5 Å². The third-order valence-electron chi connectivity index (χ3n) is 4.83. The van der Waals surface area contributed by atoms with E-state index < -0.39 is 0 Å². The first-order chi connectivity index (χ1) is 15.5. The van der Waals surface area contributed by atoms with Gasteiger partial charge in [-0.15, -0.1) is 0 Å². The lowest BCUT2D eigenvalue weighted by Crippen LogP contribution is -2.19. The molecule has 32 heavy (non-hydrogen) atoms. The normalized spacial score (nSPS) is 15.8. The van der Waals surface area contributed by atoms with Crippen molar-refractivity contribution < 1.29 is 14.3 Å². The molecule has 3 aromatic carbocycles. The second-order valence-electron chi connectivity index (χ2n) is 7.05. The van der Waals surface area contributed by atoms with Gasteiger partial charge in [-0.1, -0.05) is 54.1 Å². The molecular formula is C25H21ClN2O3S. The maximum atomic E-state index is 12.5. The fraction of sp³-hybridized carbons (Fsp3) is 0.120. The molecule has 1 heterocycles. The van der Waals surface area contributed by atoms with E-state index in [0.29, 0.717) is 33.2 Å². The Kier molecular flexibility index (Phi) is 6.83. The number of amidine groups is 1. The van der Waals surface area contributed by atoms with Crippen LogP contribution in [0.3, 0.4) is 0 Å². The summed E-state index contributed by atoms with van der Waals surface area (Å²) >= 11 is 7.46. The summed E-state index contributed by atoms with van der Waals surface area (Å²) in [5, 5.41) is 3.96. The highest BCUT2D eigenvalue weighted by atomic mass is 35.5. The molecule has 1 aliphatic rings. The predicted molar refractivity (Wildman–Crippen MR) is 131 cm³/mol. The highest BCUT2D eigenvalue weighted by molar-refractivity contribution is 8.18. The van der Waals surface area contributed by atoms with Crippen LogP contribution in [0.4, 0.5) is 5.69 Å². The van der Waals surface area contributed by atoms with Crippen LogP contribution in [0.1, 0.15) is 16.7 Å². The molecule has 0 unspecified atom stereocenters. The summed E-state index contributed by atoms with van der Waals surface area (Å²) in [7, 11) is 1.60. The van der Waals surface area contributed by atoms with Crippen molar-refractivity contribution >= 4 is 46.2 Å². The Bertz CT molecular complexity index is 1210. The second-order valence-corrected chi connectivity index (χ2v) is 8.49. The molecule has 0 saturated carbocycles. The number of carbonyl (C=O) groups excluding carboxylic acids is 1. The van der Waals surface area contributed by atoms with E-state index in [1.165, 1.54) is 11.8 Å². The van der Waals surface area contributed by atoms with Crippen LogP contribution < -0.4 is 14.8 Å². The molecule has 0 radical (unpaired) electrons. The van der Waals surface area contributed by atoms with Gasteiger partial charge in [-0.05, 0) is 65.7 Å². The average Bonchev–Trinajstić information content (AvgIpc) is 3.14.